The minimum atomic E-state index is 0.533. The lowest BCUT2D eigenvalue weighted by Crippen LogP contribution is -2.41. The van der Waals surface area contributed by atoms with Crippen LogP contribution in [0, 0.1) is 17.2 Å². The first-order chi connectivity index (χ1) is 9.19. The molecule has 0 spiro atoms. The summed E-state index contributed by atoms with van der Waals surface area (Å²) in [6.45, 7) is 5.11. The van der Waals surface area contributed by atoms with Crippen molar-refractivity contribution < 1.29 is 0 Å². The Balaban J connectivity index is 2.00. The van der Waals surface area contributed by atoms with Gasteiger partial charge in [-0.3, -0.25) is 4.99 Å². The number of benzene rings is 1. The third-order valence-electron chi connectivity index (χ3n) is 3.24. The van der Waals surface area contributed by atoms with Crippen molar-refractivity contribution in [2.45, 2.75) is 32.9 Å². The van der Waals surface area contributed by atoms with Crippen LogP contribution in [0.4, 0.5) is 0 Å². The second-order valence-corrected chi connectivity index (χ2v) is 6.15. The minimum Gasteiger partial charge on any atom is -0.362 e. The standard InChI is InChI=1S/C15H19N3S/c1-11(2)14-6-7-19-15(18-14)17-10-13-5-3-4-12(8-13)9-16/h3-5,8,11,14H,6-7,10H2,1-2H3,(H,17,18). The van der Waals surface area contributed by atoms with Crippen LogP contribution in [-0.2, 0) is 6.54 Å². The lowest BCUT2D eigenvalue weighted by Gasteiger charge is -2.28. The van der Waals surface area contributed by atoms with Crippen molar-refractivity contribution >= 4 is 16.9 Å². The predicted molar refractivity (Wildman–Crippen MR) is 81.1 cm³/mol. The molecular formula is C15H19N3S. The predicted octanol–water partition coefficient (Wildman–Crippen LogP) is 3.17. The lowest BCUT2D eigenvalue weighted by atomic mass is 10.0. The summed E-state index contributed by atoms with van der Waals surface area (Å²) < 4.78 is 0. The van der Waals surface area contributed by atoms with E-state index in [1.54, 1.807) is 11.8 Å². The van der Waals surface area contributed by atoms with Crippen molar-refractivity contribution in [3.63, 3.8) is 0 Å². The number of amidine groups is 1. The number of hydrogen-bond acceptors (Lipinski definition) is 3. The van der Waals surface area contributed by atoms with Crippen molar-refractivity contribution in [2.24, 2.45) is 10.9 Å². The third kappa shape index (κ3) is 4.00. The second-order valence-electron chi connectivity index (χ2n) is 5.07. The van der Waals surface area contributed by atoms with Gasteiger partial charge in [0.1, 0.15) is 0 Å². The summed E-state index contributed by atoms with van der Waals surface area (Å²) in [5, 5.41) is 13.4. The van der Waals surface area contributed by atoms with Crippen LogP contribution in [0.15, 0.2) is 29.3 Å². The van der Waals surface area contributed by atoms with E-state index in [0.717, 1.165) is 16.5 Å². The molecule has 1 fully saturated rings. The maximum atomic E-state index is 8.87. The molecule has 1 heterocycles. The van der Waals surface area contributed by atoms with Gasteiger partial charge in [0.25, 0.3) is 0 Å². The monoisotopic (exact) mass is 273 g/mol. The first-order valence-corrected chi connectivity index (χ1v) is 7.60. The lowest BCUT2D eigenvalue weighted by molar-refractivity contribution is 0.442. The summed E-state index contributed by atoms with van der Waals surface area (Å²) >= 11 is 1.79. The highest BCUT2D eigenvalue weighted by atomic mass is 32.2. The fraction of sp³-hybridized carbons (Fsp3) is 0.467. The molecule has 1 N–H and O–H groups in total. The van der Waals surface area contributed by atoms with Crippen LogP contribution in [-0.4, -0.2) is 17.0 Å². The van der Waals surface area contributed by atoms with Crippen LogP contribution in [0.2, 0.25) is 0 Å². The fourth-order valence-corrected chi connectivity index (χ4v) is 3.00. The van der Waals surface area contributed by atoms with Gasteiger partial charge in [0.2, 0.25) is 0 Å². The van der Waals surface area contributed by atoms with Gasteiger partial charge in [0.05, 0.1) is 18.2 Å². The van der Waals surface area contributed by atoms with Crippen molar-refractivity contribution in [3.05, 3.63) is 35.4 Å². The smallest absolute Gasteiger partial charge is 0.157 e. The SMILES string of the molecule is CC(C)C1CCSC(=NCc2cccc(C#N)c2)N1. The number of nitrogens with zero attached hydrogens (tertiary/aromatic N) is 2. The van der Waals surface area contributed by atoms with Gasteiger partial charge in [0, 0.05) is 11.8 Å². The number of hydrogen-bond donors (Lipinski definition) is 1. The Kier molecular flexibility index (Phi) is 4.86. The summed E-state index contributed by atoms with van der Waals surface area (Å²) in [5.74, 6) is 1.76. The average Bonchev–Trinajstić information content (AvgIpc) is 2.45. The normalized spacial score (nSPS) is 21.2. The largest absolute Gasteiger partial charge is 0.362 e. The zero-order valence-corrected chi connectivity index (χ0v) is 12.2. The topological polar surface area (TPSA) is 48.2 Å². The molecule has 4 heteroatoms. The molecule has 3 nitrogen and oxygen atoms in total. The molecule has 1 aliphatic rings. The number of thioether (sulfide) groups is 1. The molecule has 19 heavy (non-hydrogen) atoms. The minimum absolute atomic E-state index is 0.533. The van der Waals surface area contributed by atoms with Crippen molar-refractivity contribution in [3.8, 4) is 6.07 Å². The number of aliphatic imine (C=N–C) groups is 1. The van der Waals surface area contributed by atoms with E-state index in [-0.39, 0.29) is 0 Å². The molecule has 1 atom stereocenters. The third-order valence-corrected chi connectivity index (χ3v) is 4.20. The molecule has 1 saturated heterocycles. The molecule has 0 aliphatic carbocycles. The molecule has 0 bridgehead atoms. The summed E-state index contributed by atoms with van der Waals surface area (Å²) in [5.41, 5.74) is 1.78. The summed E-state index contributed by atoms with van der Waals surface area (Å²) in [6, 6.07) is 10.3. The summed E-state index contributed by atoms with van der Waals surface area (Å²) in [4.78, 5) is 4.62. The quantitative estimate of drug-likeness (QED) is 0.920. The number of nitriles is 1. The Bertz CT molecular complexity index is 502. The molecule has 0 amide bonds. The van der Waals surface area contributed by atoms with Crippen LogP contribution in [0.25, 0.3) is 0 Å². The van der Waals surface area contributed by atoms with Crippen LogP contribution in [0.5, 0.6) is 0 Å². The molecule has 0 saturated carbocycles. The van der Waals surface area contributed by atoms with Crippen LogP contribution in [0.3, 0.4) is 0 Å². The zero-order valence-electron chi connectivity index (χ0n) is 11.4. The Morgan fingerprint density at radius 3 is 3.11 bits per heavy atom. The van der Waals surface area contributed by atoms with Gasteiger partial charge in [-0.2, -0.15) is 5.26 Å². The molecule has 2 rings (SSSR count). The molecule has 1 aromatic rings. The molecule has 1 aromatic carbocycles. The van der Waals surface area contributed by atoms with Gasteiger partial charge in [0.15, 0.2) is 5.17 Å². The van der Waals surface area contributed by atoms with Crippen LogP contribution < -0.4 is 5.32 Å². The van der Waals surface area contributed by atoms with Crippen molar-refractivity contribution in [1.82, 2.24) is 5.32 Å². The van der Waals surface area contributed by atoms with E-state index in [4.69, 9.17) is 5.26 Å². The summed E-state index contributed by atoms with van der Waals surface area (Å²) in [7, 11) is 0. The van der Waals surface area contributed by atoms with E-state index >= 15 is 0 Å². The highest BCUT2D eigenvalue weighted by Crippen LogP contribution is 2.19. The average molecular weight is 273 g/mol. The molecule has 1 unspecified atom stereocenters. The van der Waals surface area contributed by atoms with Gasteiger partial charge < -0.3 is 5.32 Å². The van der Waals surface area contributed by atoms with Gasteiger partial charge >= 0.3 is 0 Å². The van der Waals surface area contributed by atoms with Gasteiger partial charge in [-0.1, -0.05) is 37.7 Å². The van der Waals surface area contributed by atoms with E-state index < -0.39 is 0 Å². The van der Waals surface area contributed by atoms with E-state index in [2.05, 4.69) is 30.2 Å². The Morgan fingerprint density at radius 2 is 2.37 bits per heavy atom. The molecule has 100 valence electrons. The zero-order chi connectivity index (χ0) is 13.7. The van der Waals surface area contributed by atoms with Crippen LogP contribution >= 0.6 is 11.8 Å². The first kappa shape index (κ1) is 14.0. The van der Waals surface area contributed by atoms with E-state index in [1.807, 2.05) is 24.3 Å². The molecule has 0 radical (unpaired) electrons. The number of nitrogens with one attached hydrogen (secondary N) is 1. The Labute approximate surface area is 119 Å². The maximum absolute atomic E-state index is 8.87. The molecule has 1 aliphatic heterocycles. The molecule has 0 aromatic heterocycles. The van der Waals surface area contributed by atoms with Crippen molar-refractivity contribution in [2.75, 3.05) is 5.75 Å². The maximum Gasteiger partial charge on any atom is 0.157 e. The van der Waals surface area contributed by atoms with Gasteiger partial charge in [-0.05, 0) is 30.0 Å². The Hall–Kier alpha value is -1.47. The fourth-order valence-electron chi connectivity index (χ4n) is 2.05. The Morgan fingerprint density at radius 1 is 1.53 bits per heavy atom. The van der Waals surface area contributed by atoms with Crippen molar-refractivity contribution in [1.29, 1.82) is 5.26 Å². The summed E-state index contributed by atoms with van der Waals surface area (Å²) in [6.07, 6.45) is 1.20. The van der Waals surface area contributed by atoms with Gasteiger partial charge in [-0.25, -0.2) is 0 Å². The van der Waals surface area contributed by atoms with E-state index in [1.165, 1.54) is 6.42 Å². The number of rotatable bonds is 3. The van der Waals surface area contributed by atoms with E-state index in [0.29, 0.717) is 24.1 Å². The van der Waals surface area contributed by atoms with Gasteiger partial charge in [-0.15, -0.1) is 0 Å². The van der Waals surface area contributed by atoms with Crippen LogP contribution in [0.1, 0.15) is 31.4 Å². The molecular weight excluding hydrogens is 254 g/mol. The second kappa shape index (κ2) is 6.63. The van der Waals surface area contributed by atoms with E-state index in [9.17, 15) is 0 Å². The highest BCUT2D eigenvalue weighted by molar-refractivity contribution is 8.13. The first-order valence-electron chi connectivity index (χ1n) is 6.62. The highest BCUT2D eigenvalue weighted by Gasteiger charge is 2.19.